The molecule has 1 aliphatic heterocycles. The zero-order valence-corrected chi connectivity index (χ0v) is 11.3. The number of nitrogens with two attached hydrogens (primary N) is 1. The average molecular weight is 271 g/mol. The summed E-state index contributed by atoms with van der Waals surface area (Å²) in [4.78, 5) is 10.2. The molecule has 2 heterocycles. The first-order chi connectivity index (χ1) is 8.38. The predicted molar refractivity (Wildman–Crippen MR) is 69.8 cm³/mol. The number of nitrogens with zero attached hydrogens (tertiary/aromatic N) is 4. The molecule has 1 saturated heterocycles. The predicted octanol–water partition coefficient (Wildman–Crippen LogP) is -0.551. The molecule has 1 aromatic heterocycles. The summed E-state index contributed by atoms with van der Waals surface area (Å²) in [6.07, 6.45) is 2.91. The number of rotatable bonds is 2. The highest BCUT2D eigenvalue weighted by molar-refractivity contribution is 7.88. The van der Waals surface area contributed by atoms with Gasteiger partial charge in [-0.3, -0.25) is 0 Å². The Bertz CT molecular complexity index is 537. The van der Waals surface area contributed by atoms with Crippen molar-refractivity contribution < 1.29 is 8.42 Å². The van der Waals surface area contributed by atoms with Crippen molar-refractivity contribution in [3.8, 4) is 0 Å². The van der Waals surface area contributed by atoms with E-state index in [1.165, 1.54) is 10.6 Å². The second-order valence-corrected chi connectivity index (χ2v) is 6.37. The topological polar surface area (TPSA) is 92.4 Å². The monoisotopic (exact) mass is 271 g/mol. The summed E-state index contributed by atoms with van der Waals surface area (Å²) in [6.45, 7) is 4.09. The Balaban J connectivity index is 2.12. The highest BCUT2D eigenvalue weighted by Gasteiger charge is 2.24. The highest BCUT2D eigenvalue weighted by Crippen LogP contribution is 2.19. The number of aromatic nitrogens is 2. The lowest BCUT2D eigenvalue weighted by molar-refractivity contribution is 0.386. The van der Waals surface area contributed by atoms with Crippen molar-refractivity contribution in [2.45, 2.75) is 6.92 Å². The van der Waals surface area contributed by atoms with E-state index in [0.29, 0.717) is 26.2 Å². The molecule has 1 aromatic rings. The van der Waals surface area contributed by atoms with E-state index in [0.717, 1.165) is 11.4 Å². The van der Waals surface area contributed by atoms with Gasteiger partial charge in [-0.15, -0.1) is 0 Å². The van der Waals surface area contributed by atoms with Crippen LogP contribution in [0, 0.1) is 6.92 Å². The second-order valence-electron chi connectivity index (χ2n) is 4.38. The number of anilines is 2. The molecule has 0 aromatic carbocycles. The van der Waals surface area contributed by atoms with Crippen LogP contribution in [0.1, 0.15) is 5.56 Å². The van der Waals surface area contributed by atoms with E-state index in [-0.39, 0.29) is 5.95 Å². The molecule has 1 fully saturated rings. The molecule has 0 bridgehead atoms. The molecule has 2 N–H and O–H groups in total. The number of piperazine rings is 1. The van der Waals surface area contributed by atoms with Crippen molar-refractivity contribution in [3.05, 3.63) is 11.8 Å². The first-order valence-electron chi connectivity index (χ1n) is 5.67. The molecule has 1 aliphatic rings. The van der Waals surface area contributed by atoms with Crippen LogP contribution in [0.5, 0.6) is 0 Å². The van der Waals surface area contributed by atoms with Gasteiger partial charge in [-0.05, 0) is 6.92 Å². The summed E-state index contributed by atoms with van der Waals surface area (Å²) in [6, 6.07) is 0. The lowest BCUT2D eigenvalue weighted by atomic mass is 10.3. The molecule has 0 amide bonds. The van der Waals surface area contributed by atoms with Gasteiger partial charge in [-0.25, -0.2) is 13.4 Å². The van der Waals surface area contributed by atoms with Gasteiger partial charge in [-0.1, -0.05) is 0 Å². The summed E-state index contributed by atoms with van der Waals surface area (Å²) >= 11 is 0. The number of aryl methyl sites for hydroxylation is 1. The maximum atomic E-state index is 11.4. The third-order valence-corrected chi connectivity index (χ3v) is 4.27. The van der Waals surface area contributed by atoms with Crippen LogP contribution >= 0.6 is 0 Å². The Morgan fingerprint density at radius 1 is 1.28 bits per heavy atom. The van der Waals surface area contributed by atoms with Crippen molar-refractivity contribution in [2.24, 2.45) is 0 Å². The number of nitrogen functional groups attached to an aromatic ring is 1. The van der Waals surface area contributed by atoms with Gasteiger partial charge in [0.2, 0.25) is 16.0 Å². The summed E-state index contributed by atoms with van der Waals surface area (Å²) in [5.74, 6) is 1.02. The maximum absolute atomic E-state index is 11.4. The largest absolute Gasteiger partial charge is 0.368 e. The lowest BCUT2D eigenvalue weighted by Crippen LogP contribution is -2.48. The van der Waals surface area contributed by atoms with Gasteiger partial charge in [0.25, 0.3) is 0 Å². The normalized spacial score (nSPS) is 18.0. The third kappa shape index (κ3) is 2.70. The molecular formula is C10H17N5O2S. The minimum atomic E-state index is -3.10. The highest BCUT2D eigenvalue weighted by atomic mass is 32.2. The van der Waals surface area contributed by atoms with Crippen molar-refractivity contribution in [1.82, 2.24) is 14.3 Å². The first-order valence-corrected chi connectivity index (χ1v) is 7.52. The van der Waals surface area contributed by atoms with Gasteiger partial charge in [-0.2, -0.15) is 9.29 Å². The molecule has 7 nitrogen and oxygen atoms in total. The molecule has 2 rings (SSSR count). The molecule has 0 unspecified atom stereocenters. The van der Waals surface area contributed by atoms with E-state index in [2.05, 4.69) is 9.97 Å². The third-order valence-electron chi connectivity index (χ3n) is 2.97. The SMILES string of the molecule is Cc1cnc(N)nc1N1CCN(S(C)(=O)=O)CC1. The molecule has 8 heteroatoms. The second kappa shape index (κ2) is 4.69. The summed E-state index contributed by atoms with van der Waals surface area (Å²) in [5, 5.41) is 0. The van der Waals surface area contributed by atoms with Crippen LogP contribution in [-0.4, -0.2) is 55.1 Å². The van der Waals surface area contributed by atoms with Crippen LogP contribution in [0.15, 0.2) is 6.20 Å². The van der Waals surface area contributed by atoms with Gasteiger partial charge < -0.3 is 10.6 Å². The van der Waals surface area contributed by atoms with E-state index in [4.69, 9.17) is 5.73 Å². The molecular weight excluding hydrogens is 254 g/mol. The smallest absolute Gasteiger partial charge is 0.221 e. The Morgan fingerprint density at radius 3 is 2.44 bits per heavy atom. The number of hydrogen-bond donors (Lipinski definition) is 1. The molecule has 18 heavy (non-hydrogen) atoms. The van der Waals surface area contributed by atoms with Crippen molar-refractivity contribution >= 4 is 21.8 Å². The van der Waals surface area contributed by atoms with Crippen LogP contribution in [-0.2, 0) is 10.0 Å². The maximum Gasteiger partial charge on any atom is 0.221 e. The standard InChI is InChI=1S/C10H17N5O2S/c1-8-7-12-10(11)13-9(8)14-3-5-15(6-4-14)18(2,16)17/h7H,3-6H2,1-2H3,(H2,11,12,13). The van der Waals surface area contributed by atoms with Gasteiger partial charge in [0, 0.05) is 37.9 Å². The molecule has 100 valence electrons. The Labute approximate surface area is 107 Å². The van der Waals surface area contributed by atoms with E-state index < -0.39 is 10.0 Å². The fourth-order valence-corrected chi connectivity index (χ4v) is 2.82. The van der Waals surface area contributed by atoms with Crippen LogP contribution in [0.3, 0.4) is 0 Å². The summed E-state index contributed by atoms with van der Waals surface area (Å²) in [7, 11) is -3.10. The summed E-state index contributed by atoms with van der Waals surface area (Å²) in [5.41, 5.74) is 6.52. The fraction of sp³-hybridized carbons (Fsp3) is 0.600. The van der Waals surface area contributed by atoms with E-state index >= 15 is 0 Å². The fourth-order valence-electron chi connectivity index (χ4n) is 2.00. The van der Waals surface area contributed by atoms with Crippen LogP contribution in [0.4, 0.5) is 11.8 Å². The van der Waals surface area contributed by atoms with Gasteiger partial charge in [0.05, 0.1) is 6.26 Å². The Morgan fingerprint density at radius 2 is 1.89 bits per heavy atom. The number of hydrogen-bond acceptors (Lipinski definition) is 6. The minimum absolute atomic E-state index is 0.237. The van der Waals surface area contributed by atoms with E-state index in [9.17, 15) is 8.42 Å². The van der Waals surface area contributed by atoms with Gasteiger partial charge in [0.15, 0.2) is 0 Å². The quantitative estimate of drug-likeness (QED) is 0.776. The van der Waals surface area contributed by atoms with E-state index in [1.54, 1.807) is 6.20 Å². The number of sulfonamides is 1. The van der Waals surface area contributed by atoms with E-state index in [1.807, 2.05) is 11.8 Å². The molecule has 0 aliphatic carbocycles. The van der Waals surface area contributed by atoms with Crippen LogP contribution < -0.4 is 10.6 Å². The van der Waals surface area contributed by atoms with Gasteiger partial charge >= 0.3 is 0 Å². The molecule has 0 atom stereocenters. The van der Waals surface area contributed by atoms with Crippen LogP contribution in [0.2, 0.25) is 0 Å². The Kier molecular flexibility index (Phi) is 3.40. The molecule has 0 radical (unpaired) electrons. The van der Waals surface area contributed by atoms with Crippen molar-refractivity contribution in [2.75, 3.05) is 43.1 Å². The summed E-state index contributed by atoms with van der Waals surface area (Å²) < 4.78 is 24.3. The first kappa shape index (κ1) is 13.0. The van der Waals surface area contributed by atoms with Gasteiger partial charge in [0.1, 0.15) is 5.82 Å². The molecule has 0 saturated carbocycles. The molecule has 0 spiro atoms. The van der Waals surface area contributed by atoms with Crippen molar-refractivity contribution in [3.63, 3.8) is 0 Å². The van der Waals surface area contributed by atoms with Crippen LogP contribution in [0.25, 0.3) is 0 Å². The Hall–Kier alpha value is -1.41. The van der Waals surface area contributed by atoms with Crippen molar-refractivity contribution in [1.29, 1.82) is 0 Å². The average Bonchev–Trinajstić information content (AvgIpc) is 2.31. The zero-order valence-electron chi connectivity index (χ0n) is 10.5. The zero-order chi connectivity index (χ0) is 13.3. The lowest BCUT2D eigenvalue weighted by Gasteiger charge is -2.34. The minimum Gasteiger partial charge on any atom is -0.368 e.